The minimum atomic E-state index is -0.368. The van der Waals surface area contributed by atoms with Crippen LogP contribution in [0.25, 0.3) is 0 Å². The number of nitrogens with zero attached hydrogens (tertiary/aromatic N) is 2. The average Bonchev–Trinajstić information content (AvgIpc) is 2.67. The molecule has 26 heavy (non-hydrogen) atoms. The molecule has 2 amide bonds. The Kier molecular flexibility index (Phi) is 6.71. The Morgan fingerprint density at radius 1 is 0.808 bits per heavy atom. The van der Waals surface area contributed by atoms with E-state index in [0.717, 1.165) is 5.56 Å². The second kappa shape index (κ2) is 8.78. The summed E-state index contributed by atoms with van der Waals surface area (Å²) >= 11 is 0. The third-order valence-electron chi connectivity index (χ3n) is 4.38. The molecule has 1 saturated heterocycles. The van der Waals surface area contributed by atoms with Gasteiger partial charge in [0, 0.05) is 43.9 Å². The highest BCUT2D eigenvalue weighted by Crippen LogP contribution is 2.13. The zero-order valence-electron chi connectivity index (χ0n) is 14.2. The molecular formula is C19H21ClFN3O2. The quantitative estimate of drug-likeness (QED) is 0.892. The fourth-order valence-corrected chi connectivity index (χ4v) is 2.85. The van der Waals surface area contributed by atoms with Gasteiger partial charge in [-0.05, 0) is 42.0 Å². The average molecular weight is 378 g/mol. The molecule has 0 spiro atoms. The van der Waals surface area contributed by atoms with Crippen molar-refractivity contribution >= 4 is 24.2 Å². The SMILES string of the molecule is Cl.NCc1ccc(C(=O)N2CCN(C(=O)c3ccc(F)cc3)CC2)cc1. The first-order valence-electron chi connectivity index (χ1n) is 8.21. The molecule has 0 aliphatic carbocycles. The molecule has 138 valence electrons. The third-order valence-corrected chi connectivity index (χ3v) is 4.38. The number of nitrogens with two attached hydrogens (primary N) is 1. The number of rotatable bonds is 3. The monoisotopic (exact) mass is 377 g/mol. The van der Waals surface area contributed by atoms with Crippen LogP contribution in [0.3, 0.4) is 0 Å². The van der Waals surface area contributed by atoms with Crippen LogP contribution < -0.4 is 5.73 Å². The first-order valence-corrected chi connectivity index (χ1v) is 8.21. The van der Waals surface area contributed by atoms with Gasteiger partial charge in [0.25, 0.3) is 11.8 Å². The van der Waals surface area contributed by atoms with Crippen molar-refractivity contribution in [3.8, 4) is 0 Å². The summed E-state index contributed by atoms with van der Waals surface area (Å²) in [4.78, 5) is 28.4. The first-order chi connectivity index (χ1) is 12.1. The molecule has 0 radical (unpaired) electrons. The van der Waals surface area contributed by atoms with Crippen LogP contribution in [0.2, 0.25) is 0 Å². The summed E-state index contributed by atoms with van der Waals surface area (Å²) in [6.07, 6.45) is 0. The van der Waals surface area contributed by atoms with Crippen molar-refractivity contribution in [2.75, 3.05) is 26.2 Å². The lowest BCUT2D eigenvalue weighted by Gasteiger charge is -2.35. The van der Waals surface area contributed by atoms with Gasteiger partial charge in [-0.25, -0.2) is 4.39 Å². The fraction of sp³-hybridized carbons (Fsp3) is 0.263. The van der Waals surface area contributed by atoms with Crippen LogP contribution in [0.15, 0.2) is 48.5 Å². The van der Waals surface area contributed by atoms with Gasteiger partial charge in [-0.15, -0.1) is 12.4 Å². The van der Waals surface area contributed by atoms with Gasteiger partial charge in [-0.2, -0.15) is 0 Å². The normalized spacial score (nSPS) is 13.9. The molecule has 0 atom stereocenters. The highest BCUT2D eigenvalue weighted by Gasteiger charge is 2.25. The van der Waals surface area contributed by atoms with Gasteiger partial charge in [-0.1, -0.05) is 12.1 Å². The van der Waals surface area contributed by atoms with Crippen LogP contribution >= 0.6 is 12.4 Å². The second-order valence-corrected chi connectivity index (χ2v) is 5.99. The molecule has 0 saturated carbocycles. The van der Waals surface area contributed by atoms with E-state index in [1.54, 1.807) is 21.9 Å². The molecule has 1 aliphatic rings. The molecule has 7 heteroatoms. The van der Waals surface area contributed by atoms with Gasteiger partial charge >= 0.3 is 0 Å². The lowest BCUT2D eigenvalue weighted by Crippen LogP contribution is -2.50. The number of hydrogen-bond donors (Lipinski definition) is 1. The molecule has 2 N–H and O–H groups in total. The standard InChI is InChI=1S/C19H20FN3O2.ClH/c20-17-7-5-16(6-8-17)19(25)23-11-9-22(10-12-23)18(24)15-3-1-14(13-21)2-4-15;/h1-8H,9-13,21H2;1H. The maximum absolute atomic E-state index is 13.0. The van der Waals surface area contributed by atoms with Crippen LogP contribution in [0, 0.1) is 5.82 Å². The number of carbonyl (C=O) groups excluding carboxylic acids is 2. The van der Waals surface area contributed by atoms with Gasteiger partial charge in [-0.3, -0.25) is 9.59 Å². The van der Waals surface area contributed by atoms with E-state index in [1.165, 1.54) is 24.3 Å². The number of benzene rings is 2. The third kappa shape index (κ3) is 4.39. The van der Waals surface area contributed by atoms with Gasteiger partial charge < -0.3 is 15.5 Å². The van der Waals surface area contributed by atoms with Crippen LogP contribution in [0.5, 0.6) is 0 Å². The minimum absolute atomic E-state index is 0. The Hall–Kier alpha value is -2.44. The Morgan fingerprint density at radius 2 is 1.19 bits per heavy atom. The number of piperazine rings is 1. The minimum Gasteiger partial charge on any atom is -0.335 e. The van der Waals surface area contributed by atoms with Crippen LogP contribution in [0.1, 0.15) is 26.3 Å². The number of amides is 2. The maximum atomic E-state index is 13.0. The molecule has 2 aromatic carbocycles. The maximum Gasteiger partial charge on any atom is 0.253 e. The van der Waals surface area contributed by atoms with Crippen molar-refractivity contribution in [2.24, 2.45) is 5.73 Å². The Morgan fingerprint density at radius 3 is 1.58 bits per heavy atom. The summed E-state index contributed by atoms with van der Waals surface area (Å²) in [5.74, 6) is -0.551. The predicted octanol–water partition coefficient (Wildman–Crippen LogP) is 2.30. The van der Waals surface area contributed by atoms with Gasteiger partial charge in [0.2, 0.25) is 0 Å². The number of hydrogen-bond acceptors (Lipinski definition) is 3. The van der Waals surface area contributed by atoms with Crippen molar-refractivity contribution < 1.29 is 14.0 Å². The Labute approximate surface area is 158 Å². The lowest BCUT2D eigenvalue weighted by molar-refractivity contribution is 0.0535. The van der Waals surface area contributed by atoms with E-state index in [9.17, 15) is 14.0 Å². The molecule has 0 aromatic heterocycles. The zero-order valence-corrected chi connectivity index (χ0v) is 15.0. The van der Waals surface area contributed by atoms with Crippen molar-refractivity contribution in [2.45, 2.75) is 6.54 Å². The van der Waals surface area contributed by atoms with E-state index in [2.05, 4.69) is 0 Å². The first kappa shape index (κ1) is 19.9. The molecule has 5 nitrogen and oxygen atoms in total. The summed E-state index contributed by atoms with van der Waals surface area (Å²) in [5.41, 5.74) is 7.62. The highest BCUT2D eigenvalue weighted by molar-refractivity contribution is 5.96. The summed E-state index contributed by atoms with van der Waals surface area (Å²) in [6, 6.07) is 12.8. The fourth-order valence-electron chi connectivity index (χ4n) is 2.85. The molecule has 0 bridgehead atoms. The van der Waals surface area contributed by atoms with E-state index in [-0.39, 0.29) is 30.0 Å². The number of halogens is 2. The highest BCUT2D eigenvalue weighted by atomic mass is 35.5. The van der Waals surface area contributed by atoms with Gasteiger partial charge in [0.1, 0.15) is 5.82 Å². The summed E-state index contributed by atoms with van der Waals surface area (Å²) in [6.45, 7) is 2.32. The molecule has 1 heterocycles. The second-order valence-electron chi connectivity index (χ2n) is 5.99. The molecule has 1 fully saturated rings. The van der Waals surface area contributed by atoms with Gasteiger partial charge in [0.15, 0.2) is 0 Å². The molecule has 2 aromatic rings. The van der Waals surface area contributed by atoms with Crippen molar-refractivity contribution in [3.63, 3.8) is 0 Å². The molecule has 1 aliphatic heterocycles. The Balaban J connectivity index is 0.00000243. The summed E-state index contributed by atoms with van der Waals surface area (Å²) in [5, 5.41) is 0. The summed E-state index contributed by atoms with van der Waals surface area (Å²) in [7, 11) is 0. The topological polar surface area (TPSA) is 66.6 Å². The van der Waals surface area contributed by atoms with Crippen molar-refractivity contribution in [1.29, 1.82) is 0 Å². The van der Waals surface area contributed by atoms with Crippen molar-refractivity contribution in [1.82, 2.24) is 9.80 Å². The summed E-state index contributed by atoms with van der Waals surface area (Å²) < 4.78 is 13.0. The predicted molar refractivity (Wildman–Crippen MR) is 99.8 cm³/mol. The van der Waals surface area contributed by atoms with E-state index in [0.29, 0.717) is 43.9 Å². The zero-order chi connectivity index (χ0) is 17.8. The van der Waals surface area contributed by atoms with E-state index in [1.807, 2.05) is 12.1 Å². The Bertz CT molecular complexity index is 757. The van der Waals surface area contributed by atoms with Crippen LogP contribution in [0.4, 0.5) is 4.39 Å². The molecule has 3 rings (SSSR count). The van der Waals surface area contributed by atoms with E-state index >= 15 is 0 Å². The van der Waals surface area contributed by atoms with E-state index < -0.39 is 0 Å². The van der Waals surface area contributed by atoms with Crippen LogP contribution in [-0.2, 0) is 6.54 Å². The van der Waals surface area contributed by atoms with Gasteiger partial charge in [0.05, 0.1) is 0 Å². The van der Waals surface area contributed by atoms with Crippen LogP contribution in [-0.4, -0.2) is 47.8 Å². The largest absolute Gasteiger partial charge is 0.335 e. The van der Waals surface area contributed by atoms with E-state index in [4.69, 9.17) is 5.73 Å². The molecule has 0 unspecified atom stereocenters. The molecular weight excluding hydrogens is 357 g/mol. The van der Waals surface area contributed by atoms with Crippen molar-refractivity contribution in [3.05, 3.63) is 71.0 Å². The smallest absolute Gasteiger partial charge is 0.253 e. The lowest BCUT2D eigenvalue weighted by atomic mass is 10.1. The number of carbonyl (C=O) groups is 2.